The van der Waals surface area contributed by atoms with Crippen molar-refractivity contribution in [1.29, 1.82) is 0 Å². The first kappa shape index (κ1) is 12.0. The highest BCUT2D eigenvalue weighted by atomic mass is 16.2. The third-order valence-electron chi connectivity index (χ3n) is 3.46. The molecule has 0 bridgehead atoms. The first-order chi connectivity index (χ1) is 8.09. The summed E-state index contributed by atoms with van der Waals surface area (Å²) in [5.74, 6) is 0. The van der Waals surface area contributed by atoms with Crippen LogP contribution in [-0.2, 0) is 0 Å². The molecule has 0 atom stereocenters. The Morgan fingerprint density at radius 1 is 0.824 bits per heavy atom. The van der Waals surface area contributed by atoms with E-state index in [2.05, 4.69) is 0 Å². The summed E-state index contributed by atoms with van der Waals surface area (Å²) in [6, 6.07) is 0.152. The van der Waals surface area contributed by atoms with E-state index in [4.69, 9.17) is 0 Å². The Balaban J connectivity index is 1.82. The lowest BCUT2D eigenvalue weighted by molar-refractivity contribution is 0.135. The Labute approximate surface area is 102 Å². The second kappa shape index (κ2) is 4.81. The predicted molar refractivity (Wildman–Crippen MR) is 63.8 cm³/mol. The smallest absolute Gasteiger partial charge is 0.319 e. The normalized spacial score (nSPS) is 21.8. The number of urea groups is 2. The van der Waals surface area contributed by atoms with Crippen LogP contribution in [0.15, 0.2) is 0 Å². The van der Waals surface area contributed by atoms with Crippen molar-refractivity contribution < 1.29 is 9.59 Å². The van der Waals surface area contributed by atoms with Crippen molar-refractivity contribution in [3.8, 4) is 0 Å². The van der Waals surface area contributed by atoms with E-state index >= 15 is 0 Å². The molecular formula is C11H20N4O2. The van der Waals surface area contributed by atoms with E-state index < -0.39 is 0 Å². The Bertz CT molecular complexity index is 321. The van der Waals surface area contributed by atoms with E-state index in [-0.39, 0.29) is 12.1 Å². The molecule has 17 heavy (non-hydrogen) atoms. The monoisotopic (exact) mass is 240 g/mol. The number of rotatable bonds is 3. The maximum atomic E-state index is 11.8. The zero-order chi connectivity index (χ0) is 12.4. The highest BCUT2D eigenvalue weighted by Gasteiger charge is 2.27. The van der Waals surface area contributed by atoms with Gasteiger partial charge >= 0.3 is 12.1 Å². The summed E-state index contributed by atoms with van der Waals surface area (Å²) in [7, 11) is 3.63. The van der Waals surface area contributed by atoms with Crippen molar-refractivity contribution in [2.45, 2.75) is 6.42 Å². The second-order valence-corrected chi connectivity index (χ2v) is 4.74. The average Bonchev–Trinajstić information content (AvgIpc) is 2.62. The van der Waals surface area contributed by atoms with Crippen LogP contribution >= 0.6 is 0 Å². The molecule has 96 valence electrons. The maximum absolute atomic E-state index is 11.8. The minimum Gasteiger partial charge on any atom is -0.328 e. The van der Waals surface area contributed by atoms with Crippen molar-refractivity contribution in [2.24, 2.45) is 0 Å². The molecule has 0 aliphatic carbocycles. The summed E-state index contributed by atoms with van der Waals surface area (Å²) in [6.07, 6.45) is 1.01. The van der Waals surface area contributed by atoms with Crippen LogP contribution in [0.4, 0.5) is 9.59 Å². The van der Waals surface area contributed by atoms with E-state index in [0.29, 0.717) is 13.1 Å². The molecule has 0 spiro atoms. The van der Waals surface area contributed by atoms with Crippen LogP contribution < -0.4 is 0 Å². The van der Waals surface area contributed by atoms with Crippen LogP contribution in [0.25, 0.3) is 0 Å². The molecule has 2 aliphatic heterocycles. The fraction of sp³-hybridized carbons (Fsp3) is 0.818. The standard InChI is InChI=1S/C11H20N4O2/c1-12-4-3-5-14(10(12)16)8-9-15-7-6-13(2)11(15)17/h3-9H2,1-2H3. The molecule has 0 N–H and O–H groups in total. The van der Waals surface area contributed by atoms with Gasteiger partial charge in [0.05, 0.1) is 0 Å². The lowest BCUT2D eigenvalue weighted by Gasteiger charge is -2.34. The van der Waals surface area contributed by atoms with Gasteiger partial charge in [-0.3, -0.25) is 0 Å². The average molecular weight is 240 g/mol. The summed E-state index contributed by atoms with van der Waals surface area (Å²) < 4.78 is 0. The van der Waals surface area contributed by atoms with Crippen molar-refractivity contribution in [3.63, 3.8) is 0 Å². The van der Waals surface area contributed by atoms with Gasteiger partial charge in [-0.15, -0.1) is 0 Å². The molecule has 4 amide bonds. The molecule has 0 aromatic rings. The molecule has 6 nitrogen and oxygen atoms in total. The number of amides is 4. The van der Waals surface area contributed by atoms with Crippen LogP contribution in [0.3, 0.4) is 0 Å². The number of nitrogens with zero attached hydrogens (tertiary/aromatic N) is 4. The Morgan fingerprint density at radius 2 is 1.35 bits per heavy atom. The second-order valence-electron chi connectivity index (χ2n) is 4.74. The fourth-order valence-corrected chi connectivity index (χ4v) is 2.29. The van der Waals surface area contributed by atoms with Crippen molar-refractivity contribution in [3.05, 3.63) is 0 Å². The summed E-state index contributed by atoms with van der Waals surface area (Å²) >= 11 is 0. The lowest BCUT2D eigenvalue weighted by Crippen LogP contribution is -2.49. The van der Waals surface area contributed by atoms with Gasteiger partial charge in [0.25, 0.3) is 0 Å². The first-order valence-electron chi connectivity index (χ1n) is 6.09. The largest absolute Gasteiger partial charge is 0.328 e. The Morgan fingerprint density at radius 3 is 1.94 bits per heavy atom. The number of carbonyl (C=O) groups is 2. The molecule has 2 saturated heterocycles. The fourth-order valence-electron chi connectivity index (χ4n) is 2.29. The quantitative estimate of drug-likeness (QED) is 0.703. The van der Waals surface area contributed by atoms with Crippen LogP contribution in [0.2, 0.25) is 0 Å². The van der Waals surface area contributed by atoms with Gasteiger partial charge in [-0.1, -0.05) is 0 Å². The van der Waals surface area contributed by atoms with E-state index in [1.807, 2.05) is 23.9 Å². The molecule has 0 radical (unpaired) electrons. The molecule has 0 aromatic carbocycles. The zero-order valence-corrected chi connectivity index (χ0v) is 10.6. The summed E-state index contributed by atoms with van der Waals surface area (Å²) in [5.41, 5.74) is 0. The van der Waals surface area contributed by atoms with E-state index in [1.54, 1.807) is 9.80 Å². The minimum absolute atomic E-state index is 0.0720. The summed E-state index contributed by atoms with van der Waals surface area (Å²) in [6.45, 7) is 4.48. The topological polar surface area (TPSA) is 47.1 Å². The molecule has 6 heteroatoms. The van der Waals surface area contributed by atoms with Gasteiger partial charge in [0.1, 0.15) is 0 Å². The van der Waals surface area contributed by atoms with Crippen molar-refractivity contribution >= 4 is 12.1 Å². The number of hydrogen-bond donors (Lipinski definition) is 0. The van der Waals surface area contributed by atoms with Gasteiger partial charge in [-0.05, 0) is 6.42 Å². The molecular weight excluding hydrogens is 220 g/mol. The van der Waals surface area contributed by atoms with Crippen LogP contribution in [-0.4, -0.2) is 85.0 Å². The number of carbonyl (C=O) groups excluding carboxylic acids is 2. The lowest BCUT2D eigenvalue weighted by atomic mass is 10.3. The molecule has 0 unspecified atom stereocenters. The molecule has 2 heterocycles. The van der Waals surface area contributed by atoms with E-state index in [0.717, 1.165) is 32.6 Å². The Hall–Kier alpha value is -1.46. The van der Waals surface area contributed by atoms with Crippen molar-refractivity contribution in [2.75, 3.05) is 53.4 Å². The zero-order valence-electron chi connectivity index (χ0n) is 10.6. The Kier molecular flexibility index (Phi) is 3.40. The van der Waals surface area contributed by atoms with Crippen LogP contribution in [0.5, 0.6) is 0 Å². The summed E-state index contributed by atoms with van der Waals surface area (Å²) in [5, 5.41) is 0. The van der Waals surface area contributed by atoms with Gasteiger partial charge in [-0.25, -0.2) is 9.59 Å². The highest BCUT2D eigenvalue weighted by molar-refractivity contribution is 5.77. The predicted octanol–water partition coefficient (Wildman–Crippen LogP) is 0.111. The van der Waals surface area contributed by atoms with Crippen molar-refractivity contribution in [1.82, 2.24) is 19.6 Å². The molecule has 0 saturated carbocycles. The molecule has 0 aromatic heterocycles. The molecule has 2 fully saturated rings. The number of hydrogen-bond acceptors (Lipinski definition) is 2. The number of likely N-dealkylation sites (N-methyl/N-ethyl adjacent to an activating group) is 1. The summed E-state index contributed by atoms with van der Waals surface area (Å²) in [4.78, 5) is 30.6. The highest BCUT2D eigenvalue weighted by Crippen LogP contribution is 2.09. The van der Waals surface area contributed by atoms with Gasteiger partial charge < -0.3 is 19.6 Å². The SMILES string of the molecule is CN1CCCN(CCN2CCN(C)C2=O)C1=O. The third-order valence-corrected chi connectivity index (χ3v) is 3.46. The van der Waals surface area contributed by atoms with Crippen LogP contribution in [0.1, 0.15) is 6.42 Å². The molecule has 2 aliphatic rings. The van der Waals surface area contributed by atoms with Gasteiger partial charge in [-0.2, -0.15) is 0 Å². The van der Waals surface area contributed by atoms with Crippen LogP contribution in [0, 0.1) is 0 Å². The van der Waals surface area contributed by atoms with E-state index in [9.17, 15) is 9.59 Å². The maximum Gasteiger partial charge on any atom is 0.319 e. The minimum atomic E-state index is 0.0720. The third kappa shape index (κ3) is 2.45. The van der Waals surface area contributed by atoms with Gasteiger partial charge in [0, 0.05) is 53.4 Å². The van der Waals surface area contributed by atoms with Gasteiger partial charge in [0.2, 0.25) is 0 Å². The molecule has 2 rings (SSSR count). The van der Waals surface area contributed by atoms with Gasteiger partial charge in [0.15, 0.2) is 0 Å². The first-order valence-corrected chi connectivity index (χ1v) is 6.09. The van der Waals surface area contributed by atoms with E-state index in [1.165, 1.54) is 0 Å².